The molecular formula is C21H27N5O2. The summed E-state index contributed by atoms with van der Waals surface area (Å²) in [6.07, 6.45) is 3.52. The van der Waals surface area contributed by atoms with Crippen molar-refractivity contribution < 1.29 is 5.11 Å². The Labute approximate surface area is 164 Å². The first-order chi connectivity index (χ1) is 13.4. The predicted octanol–water partition coefficient (Wildman–Crippen LogP) is 3.29. The van der Waals surface area contributed by atoms with Gasteiger partial charge in [-0.1, -0.05) is 13.8 Å². The van der Waals surface area contributed by atoms with Crippen molar-refractivity contribution in [1.82, 2.24) is 14.5 Å². The number of aromatic nitrogens is 3. The Morgan fingerprint density at radius 3 is 2.64 bits per heavy atom. The molecule has 7 nitrogen and oxygen atoms in total. The van der Waals surface area contributed by atoms with Crippen molar-refractivity contribution in [2.45, 2.75) is 40.3 Å². The summed E-state index contributed by atoms with van der Waals surface area (Å²) in [6.45, 7) is 8.48. The van der Waals surface area contributed by atoms with Gasteiger partial charge in [-0.2, -0.15) is 0 Å². The average Bonchev–Trinajstić information content (AvgIpc) is 2.65. The van der Waals surface area contributed by atoms with Crippen LogP contribution >= 0.6 is 0 Å². The maximum Gasteiger partial charge on any atom is 0.262 e. The number of nitrogens with one attached hydrogen (secondary N) is 2. The molecule has 3 aromatic heterocycles. The first-order valence-electron chi connectivity index (χ1n) is 9.54. The SMILES string of the molecule is CCn1ccc2cc(Nc3cc(C)ccn3)nc(NC(CO)C(C)C)c2c1=O. The number of pyridine rings is 3. The minimum atomic E-state index is -0.210. The van der Waals surface area contributed by atoms with Crippen molar-refractivity contribution in [3.05, 3.63) is 52.6 Å². The minimum Gasteiger partial charge on any atom is -0.394 e. The lowest BCUT2D eigenvalue weighted by Gasteiger charge is -2.22. The largest absolute Gasteiger partial charge is 0.394 e. The van der Waals surface area contributed by atoms with Gasteiger partial charge in [0.15, 0.2) is 0 Å². The number of aliphatic hydroxyl groups is 1. The van der Waals surface area contributed by atoms with Crippen LogP contribution in [0.5, 0.6) is 0 Å². The zero-order valence-electron chi connectivity index (χ0n) is 16.7. The lowest BCUT2D eigenvalue weighted by atomic mass is 10.1. The highest BCUT2D eigenvalue weighted by molar-refractivity contribution is 5.93. The van der Waals surface area contributed by atoms with E-state index >= 15 is 0 Å². The van der Waals surface area contributed by atoms with E-state index in [-0.39, 0.29) is 24.1 Å². The summed E-state index contributed by atoms with van der Waals surface area (Å²) in [7, 11) is 0. The van der Waals surface area contributed by atoms with E-state index in [0.29, 0.717) is 29.4 Å². The maximum atomic E-state index is 12.9. The van der Waals surface area contributed by atoms with Gasteiger partial charge in [-0.15, -0.1) is 0 Å². The van der Waals surface area contributed by atoms with Gasteiger partial charge in [-0.05, 0) is 55.0 Å². The van der Waals surface area contributed by atoms with Gasteiger partial charge in [0.05, 0.1) is 18.0 Å². The highest BCUT2D eigenvalue weighted by Gasteiger charge is 2.17. The average molecular weight is 381 g/mol. The molecule has 0 aliphatic rings. The summed E-state index contributed by atoms with van der Waals surface area (Å²) < 4.78 is 1.65. The van der Waals surface area contributed by atoms with Gasteiger partial charge in [0.2, 0.25) is 0 Å². The van der Waals surface area contributed by atoms with Crippen LogP contribution in [0.4, 0.5) is 17.5 Å². The molecule has 3 aromatic rings. The first-order valence-corrected chi connectivity index (χ1v) is 9.54. The summed E-state index contributed by atoms with van der Waals surface area (Å²) >= 11 is 0. The number of nitrogens with zero attached hydrogens (tertiary/aromatic N) is 3. The van der Waals surface area contributed by atoms with Gasteiger partial charge in [0.1, 0.15) is 17.5 Å². The number of fused-ring (bicyclic) bond motifs is 1. The Bertz CT molecular complexity index is 1030. The van der Waals surface area contributed by atoms with Crippen LogP contribution in [0.15, 0.2) is 41.5 Å². The van der Waals surface area contributed by atoms with E-state index in [0.717, 1.165) is 10.9 Å². The van der Waals surface area contributed by atoms with Gasteiger partial charge >= 0.3 is 0 Å². The fourth-order valence-corrected chi connectivity index (χ4v) is 3.05. The summed E-state index contributed by atoms with van der Waals surface area (Å²) in [6, 6.07) is 7.39. The zero-order valence-corrected chi connectivity index (χ0v) is 16.7. The van der Waals surface area contributed by atoms with Crippen LogP contribution in [-0.2, 0) is 6.54 Å². The fourth-order valence-electron chi connectivity index (χ4n) is 3.05. The number of hydrogen-bond acceptors (Lipinski definition) is 6. The standard InChI is InChI=1S/C21H27N5O2/c1-5-26-9-7-15-11-18(24-17-10-14(4)6-8-22-17)25-20(19(15)21(26)28)23-16(12-27)13(2)3/h6-11,13,16,27H,5,12H2,1-4H3,(H2,22,23,24,25). The van der Waals surface area contributed by atoms with Crippen LogP contribution < -0.4 is 16.2 Å². The maximum absolute atomic E-state index is 12.9. The van der Waals surface area contributed by atoms with Crippen molar-refractivity contribution in [3.63, 3.8) is 0 Å². The molecule has 3 rings (SSSR count). The number of rotatable bonds is 7. The Morgan fingerprint density at radius 1 is 1.21 bits per heavy atom. The molecule has 28 heavy (non-hydrogen) atoms. The lowest BCUT2D eigenvalue weighted by Crippen LogP contribution is -2.31. The highest BCUT2D eigenvalue weighted by Crippen LogP contribution is 2.25. The number of aliphatic hydroxyl groups excluding tert-OH is 1. The normalized spacial score (nSPS) is 12.4. The minimum absolute atomic E-state index is 0.0489. The smallest absolute Gasteiger partial charge is 0.262 e. The summed E-state index contributed by atoms with van der Waals surface area (Å²) in [5, 5.41) is 17.5. The summed E-state index contributed by atoms with van der Waals surface area (Å²) in [5.41, 5.74) is 0.985. The predicted molar refractivity (Wildman–Crippen MR) is 113 cm³/mol. The molecular weight excluding hydrogens is 354 g/mol. The molecule has 0 aliphatic carbocycles. The number of hydrogen-bond donors (Lipinski definition) is 3. The van der Waals surface area contributed by atoms with Crippen LogP contribution in [0.3, 0.4) is 0 Å². The molecule has 0 spiro atoms. The second-order valence-corrected chi connectivity index (χ2v) is 7.25. The Morgan fingerprint density at radius 2 is 2.00 bits per heavy atom. The van der Waals surface area contributed by atoms with E-state index in [9.17, 15) is 9.90 Å². The van der Waals surface area contributed by atoms with Crippen molar-refractivity contribution in [1.29, 1.82) is 0 Å². The monoisotopic (exact) mass is 381 g/mol. The topological polar surface area (TPSA) is 92.1 Å². The van der Waals surface area contributed by atoms with Crippen molar-refractivity contribution in [2.24, 2.45) is 5.92 Å². The van der Waals surface area contributed by atoms with Crippen molar-refractivity contribution in [3.8, 4) is 0 Å². The molecule has 7 heteroatoms. The van der Waals surface area contributed by atoms with E-state index in [1.807, 2.05) is 52.0 Å². The van der Waals surface area contributed by atoms with Gasteiger partial charge < -0.3 is 20.3 Å². The zero-order chi connectivity index (χ0) is 20.3. The molecule has 3 N–H and O–H groups in total. The molecule has 0 saturated carbocycles. The van der Waals surface area contributed by atoms with E-state index in [1.54, 1.807) is 17.0 Å². The molecule has 0 bridgehead atoms. The Balaban J connectivity index is 2.13. The van der Waals surface area contributed by atoms with Crippen LogP contribution in [0.2, 0.25) is 0 Å². The number of anilines is 3. The molecule has 0 amide bonds. The van der Waals surface area contributed by atoms with E-state index in [4.69, 9.17) is 0 Å². The third-order valence-corrected chi connectivity index (χ3v) is 4.79. The van der Waals surface area contributed by atoms with Crippen LogP contribution in [0, 0.1) is 12.8 Å². The highest BCUT2D eigenvalue weighted by atomic mass is 16.3. The second-order valence-electron chi connectivity index (χ2n) is 7.25. The molecule has 0 fully saturated rings. The molecule has 1 unspecified atom stereocenters. The van der Waals surface area contributed by atoms with Crippen LogP contribution in [0.25, 0.3) is 10.8 Å². The van der Waals surface area contributed by atoms with Crippen LogP contribution in [-0.4, -0.2) is 32.3 Å². The molecule has 0 radical (unpaired) electrons. The molecule has 0 saturated heterocycles. The van der Waals surface area contributed by atoms with Gasteiger partial charge in [-0.3, -0.25) is 4.79 Å². The Kier molecular flexibility index (Phi) is 5.94. The van der Waals surface area contributed by atoms with E-state index in [1.165, 1.54) is 0 Å². The van der Waals surface area contributed by atoms with Crippen molar-refractivity contribution in [2.75, 3.05) is 17.2 Å². The third-order valence-electron chi connectivity index (χ3n) is 4.79. The fraction of sp³-hybridized carbons (Fsp3) is 0.381. The quantitative estimate of drug-likeness (QED) is 0.582. The summed E-state index contributed by atoms with van der Waals surface area (Å²) in [4.78, 5) is 21.9. The van der Waals surface area contributed by atoms with Gasteiger partial charge in [0.25, 0.3) is 5.56 Å². The third kappa shape index (κ3) is 4.14. The summed E-state index contributed by atoms with van der Waals surface area (Å²) in [5.74, 6) is 1.91. The Hall–Kier alpha value is -2.93. The number of aryl methyl sites for hydroxylation is 2. The lowest BCUT2D eigenvalue weighted by molar-refractivity contribution is 0.249. The van der Waals surface area contributed by atoms with Crippen molar-refractivity contribution >= 4 is 28.2 Å². The van der Waals surface area contributed by atoms with E-state index < -0.39 is 0 Å². The molecule has 0 aromatic carbocycles. The van der Waals surface area contributed by atoms with Gasteiger partial charge in [0, 0.05) is 18.9 Å². The molecule has 3 heterocycles. The van der Waals surface area contributed by atoms with Crippen LogP contribution in [0.1, 0.15) is 26.3 Å². The second kappa shape index (κ2) is 8.39. The van der Waals surface area contributed by atoms with E-state index in [2.05, 4.69) is 20.6 Å². The molecule has 148 valence electrons. The van der Waals surface area contributed by atoms with Gasteiger partial charge in [-0.25, -0.2) is 9.97 Å². The molecule has 1 atom stereocenters. The molecule has 0 aliphatic heterocycles. The first kappa shape index (κ1) is 19.8.